The summed E-state index contributed by atoms with van der Waals surface area (Å²) in [6, 6.07) is 0. The lowest BCUT2D eigenvalue weighted by atomic mass is 10.0. The molecule has 0 bridgehead atoms. The average molecular weight is 314 g/mol. The van der Waals surface area contributed by atoms with Gasteiger partial charge in [-0.05, 0) is 13.3 Å². The largest absolute Gasteiger partial charge is 0.463 e. The van der Waals surface area contributed by atoms with E-state index in [-0.39, 0.29) is 24.8 Å². The average Bonchev–Trinajstić information content (AvgIpc) is 3.21. The van der Waals surface area contributed by atoms with Crippen molar-refractivity contribution in [2.24, 2.45) is 0 Å². The fourth-order valence-electron chi connectivity index (χ4n) is 2.71. The second-order valence-corrected chi connectivity index (χ2v) is 6.57. The SMILES string of the molecule is CCCCCCCCCCCC1OC1CC(=O)OCC(C)O. The lowest BCUT2D eigenvalue weighted by Crippen LogP contribution is -2.16. The van der Waals surface area contributed by atoms with E-state index in [9.17, 15) is 4.79 Å². The molecular formula is C18H34O4. The highest BCUT2D eigenvalue weighted by Gasteiger charge is 2.39. The summed E-state index contributed by atoms with van der Waals surface area (Å²) >= 11 is 0. The maximum atomic E-state index is 11.5. The molecule has 1 saturated heterocycles. The van der Waals surface area contributed by atoms with Gasteiger partial charge in [0.2, 0.25) is 0 Å². The molecular weight excluding hydrogens is 280 g/mol. The standard InChI is InChI=1S/C18H34O4/c1-3-4-5-6-7-8-9-10-11-12-16-17(22-16)13-18(20)21-14-15(2)19/h15-17,19H,3-14H2,1-2H3. The first-order chi connectivity index (χ1) is 10.6. The lowest BCUT2D eigenvalue weighted by molar-refractivity contribution is -0.146. The molecule has 1 fully saturated rings. The molecule has 1 heterocycles. The summed E-state index contributed by atoms with van der Waals surface area (Å²) in [6.07, 6.45) is 13.1. The fraction of sp³-hybridized carbons (Fsp3) is 0.944. The van der Waals surface area contributed by atoms with E-state index in [4.69, 9.17) is 14.6 Å². The molecule has 4 nitrogen and oxygen atoms in total. The van der Waals surface area contributed by atoms with Crippen LogP contribution < -0.4 is 0 Å². The van der Waals surface area contributed by atoms with Gasteiger partial charge in [0, 0.05) is 0 Å². The van der Waals surface area contributed by atoms with Crippen LogP contribution in [0.5, 0.6) is 0 Å². The number of aliphatic hydroxyl groups excluding tert-OH is 1. The van der Waals surface area contributed by atoms with Crippen LogP contribution in [-0.2, 0) is 14.3 Å². The van der Waals surface area contributed by atoms with E-state index < -0.39 is 6.10 Å². The van der Waals surface area contributed by atoms with Crippen LogP contribution in [0.3, 0.4) is 0 Å². The van der Waals surface area contributed by atoms with E-state index in [1.165, 1.54) is 57.8 Å². The number of aliphatic hydroxyl groups is 1. The molecule has 0 aromatic carbocycles. The quantitative estimate of drug-likeness (QED) is 0.299. The Bertz CT molecular complexity index is 291. The number of epoxide rings is 1. The van der Waals surface area contributed by atoms with Crippen molar-refractivity contribution in [1.82, 2.24) is 0 Å². The number of carbonyl (C=O) groups excluding carboxylic acids is 1. The number of unbranched alkanes of at least 4 members (excludes halogenated alkanes) is 8. The van der Waals surface area contributed by atoms with Crippen LogP contribution in [0, 0.1) is 0 Å². The minimum atomic E-state index is -0.596. The number of carbonyl (C=O) groups is 1. The van der Waals surface area contributed by atoms with Gasteiger partial charge in [-0.25, -0.2) is 0 Å². The second kappa shape index (κ2) is 11.9. The molecule has 0 radical (unpaired) electrons. The van der Waals surface area contributed by atoms with Gasteiger partial charge in [0.1, 0.15) is 6.61 Å². The molecule has 0 aromatic rings. The highest BCUT2D eigenvalue weighted by Crippen LogP contribution is 2.30. The third kappa shape index (κ3) is 10.2. The fourth-order valence-corrected chi connectivity index (χ4v) is 2.71. The van der Waals surface area contributed by atoms with E-state index in [1.807, 2.05) is 0 Å². The Morgan fingerprint density at radius 2 is 1.64 bits per heavy atom. The van der Waals surface area contributed by atoms with E-state index in [0.717, 1.165) is 6.42 Å². The smallest absolute Gasteiger partial charge is 0.308 e. The van der Waals surface area contributed by atoms with Crippen LogP contribution in [0.25, 0.3) is 0 Å². The Morgan fingerprint density at radius 3 is 2.23 bits per heavy atom. The minimum absolute atomic E-state index is 0.0514. The molecule has 1 aliphatic heterocycles. The molecule has 1 N–H and O–H groups in total. The predicted molar refractivity (Wildman–Crippen MR) is 87.8 cm³/mol. The monoisotopic (exact) mass is 314 g/mol. The van der Waals surface area contributed by atoms with E-state index in [2.05, 4.69) is 6.92 Å². The Kier molecular flexibility index (Phi) is 10.5. The van der Waals surface area contributed by atoms with Crippen LogP contribution in [0.1, 0.15) is 84.5 Å². The maximum Gasteiger partial charge on any atom is 0.308 e. The van der Waals surface area contributed by atoms with Crippen molar-refractivity contribution < 1.29 is 19.4 Å². The molecule has 0 spiro atoms. The number of esters is 1. The molecule has 3 unspecified atom stereocenters. The van der Waals surface area contributed by atoms with Crippen molar-refractivity contribution in [1.29, 1.82) is 0 Å². The van der Waals surface area contributed by atoms with Crippen molar-refractivity contribution in [3.8, 4) is 0 Å². The zero-order valence-corrected chi connectivity index (χ0v) is 14.4. The molecule has 0 aromatic heterocycles. The van der Waals surface area contributed by atoms with Crippen molar-refractivity contribution in [3.05, 3.63) is 0 Å². The number of rotatable bonds is 14. The summed E-state index contributed by atoms with van der Waals surface area (Å²) in [6.45, 7) is 3.93. The Hall–Kier alpha value is -0.610. The number of hydrogen-bond acceptors (Lipinski definition) is 4. The number of hydrogen-bond donors (Lipinski definition) is 1. The summed E-state index contributed by atoms with van der Waals surface area (Å²) in [7, 11) is 0. The van der Waals surface area contributed by atoms with Crippen LogP contribution in [0.4, 0.5) is 0 Å². The summed E-state index contributed by atoms with van der Waals surface area (Å²) in [5.41, 5.74) is 0. The van der Waals surface area contributed by atoms with Crippen LogP contribution in [0.15, 0.2) is 0 Å². The second-order valence-electron chi connectivity index (χ2n) is 6.57. The highest BCUT2D eigenvalue weighted by atomic mass is 16.6. The van der Waals surface area contributed by atoms with Gasteiger partial charge in [-0.3, -0.25) is 4.79 Å². The highest BCUT2D eigenvalue weighted by molar-refractivity contribution is 5.70. The third-order valence-electron chi connectivity index (χ3n) is 4.13. The van der Waals surface area contributed by atoms with E-state index in [1.54, 1.807) is 6.92 Å². The van der Waals surface area contributed by atoms with E-state index in [0.29, 0.717) is 6.42 Å². The van der Waals surface area contributed by atoms with Gasteiger partial charge < -0.3 is 14.6 Å². The first-order valence-corrected chi connectivity index (χ1v) is 9.12. The Morgan fingerprint density at radius 1 is 1.05 bits per heavy atom. The van der Waals surface area contributed by atoms with Gasteiger partial charge in [0.15, 0.2) is 0 Å². The maximum absolute atomic E-state index is 11.5. The minimum Gasteiger partial charge on any atom is -0.463 e. The first-order valence-electron chi connectivity index (χ1n) is 9.12. The van der Waals surface area contributed by atoms with Gasteiger partial charge in [0.25, 0.3) is 0 Å². The molecule has 1 aliphatic rings. The summed E-state index contributed by atoms with van der Waals surface area (Å²) < 4.78 is 10.4. The van der Waals surface area contributed by atoms with Crippen molar-refractivity contribution in [3.63, 3.8) is 0 Å². The topological polar surface area (TPSA) is 59.1 Å². The van der Waals surface area contributed by atoms with Gasteiger partial charge in [-0.15, -0.1) is 0 Å². The van der Waals surface area contributed by atoms with Gasteiger partial charge in [0.05, 0.1) is 24.7 Å². The zero-order valence-electron chi connectivity index (χ0n) is 14.4. The van der Waals surface area contributed by atoms with Crippen LogP contribution in [0.2, 0.25) is 0 Å². The normalized spacial score (nSPS) is 21.6. The molecule has 0 saturated carbocycles. The molecule has 4 heteroatoms. The predicted octanol–water partition coefficient (Wildman–Crippen LogP) is 3.99. The zero-order chi connectivity index (χ0) is 16.2. The van der Waals surface area contributed by atoms with Crippen LogP contribution >= 0.6 is 0 Å². The molecule has 0 amide bonds. The van der Waals surface area contributed by atoms with Gasteiger partial charge in [-0.1, -0.05) is 64.7 Å². The Labute approximate surface area is 135 Å². The lowest BCUT2D eigenvalue weighted by Gasteiger charge is -2.05. The molecule has 1 rings (SSSR count). The summed E-state index contributed by atoms with van der Waals surface area (Å²) in [4.78, 5) is 11.5. The van der Waals surface area contributed by atoms with Gasteiger partial charge >= 0.3 is 5.97 Å². The molecule has 130 valence electrons. The van der Waals surface area contributed by atoms with Crippen molar-refractivity contribution in [2.45, 2.75) is 103 Å². The Balaban J connectivity index is 1.84. The van der Waals surface area contributed by atoms with Crippen molar-refractivity contribution in [2.75, 3.05) is 6.61 Å². The van der Waals surface area contributed by atoms with Gasteiger partial charge in [-0.2, -0.15) is 0 Å². The molecule has 0 aliphatic carbocycles. The first kappa shape index (κ1) is 19.4. The third-order valence-corrected chi connectivity index (χ3v) is 4.13. The number of ether oxygens (including phenoxy) is 2. The molecule has 3 atom stereocenters. The van der Waals surface area contributed by atoms with E-state index >= 15 is 0 Å². The van der Waals surface area contributed by atoms with Crippen LogP contribution in [-0.4, -0.2) is 36.0 Å². The summed E-state index contributed by atoms with van der Waals surface area (Å²) in [5.74, 6) is -0.263. The molecule has 22 heavy (non-hydrogen) atoms. The van der Waals surface area contributed by atoms with Crippen molar-refractivity contribution >= 4 is 5.97 Å². The summed E-state index contributed by atoms with van der Waals surface area (Å²) in [5, 5.41) is 9.04.